The topological polar surface area (TPSA) is 67.3 Å². The zero-order valence-corrected chi connectivity index (χ0v) is 20.4. The van der Waals surface area contributed by atoms with Crippen LogP contribution in [0.15, 0.2) is 67.3 Å². The normalized spacial score (nSPS) is 15.4. The number of aromatic nitrogens is 2. The van der Waals surface area contributed by atoms with Crippen LogP contribution in [-0.4, -0.2) is 30.7 Å². The minimum Gasteiger partial charge on any atom is -1.00 e. The molecule has 0 unspecified atom stereocenters. The van der Waals surface area contributed by atoms with Crippen molar-refractivity contribution in [2.75, 3.05) is 47.4 Å². The molecule has 7 heteroatoms. The minimum absolute atomic E-state index is 0. The first-order valence-corrected chi connectivity index (χ1v) is 11.8. The Kier molecular flexibility index (Phi) is 8.89. The van der Waals surface area contributed by atoms with Gasteiger partial charge in [-0.3, -0.25) is 0 Å². The molecule has 0 bridgehead atoms. The highest BCUT2D eigenvalue weighted by atomic mass is 35.5. The molecule has 0 amide bonds. The van der Waals surface area contributed by atoms with Gasteiger partial charge in [0.1, 0.15) is 12.4 Å². The molecule has 2 heterocycles. The van der Waals surface area contributed by atoms with Gasteiger partial charge in [-0.15, -0.1) is 0 Å². The van der Waals surface area contributed by atoms with E-state index in [1.54, 1.807) is 0 Å². The van der Waals surface area contributed by atoms with Gasteiger partial charge in [-0.2, -0.15) is 0 Å². The Morgan fingerprint density at radius 3 is 1.79 bits per heavy atom. The molecule has 1 aliphatic heterocycles. The van der Waals surface area contributed by atoms with E-state index < -0.39 is 0 Å². The Morgan fingerprint density at radius 1 is 0.818 bits per heavy atom. The third kappa shape index (κ3) is 7.06. The van der Waals surface area contributed by atoms with Gasteiger partial charge in [-0.1, -0.05) is 0 Å². The zero-order valence-electron chi connectivity index (χ0n) is 19.6. The lowest BCUT2D eigenvalue weighted by atomic mass is 9.95. The lowest BCUT2D eigenvalue weighted by Crippen LogP contribution is -3.00. The Labute approximate surface area is 204 Å². The first-order valence-electron chi connectivity index (χ1n) is 11.8. The summed E-state index contributed by atoms with van der Waals surface area (Å²) in [6.45, 7) is 5.26. The molecule has 1 fully saturated rings. The molecule has 6 nitrogen and oxygen atoms in total. The molecule has 1 aromatic heterocycles. The van der Waals surface area contributed by atoms with Crippen molar-refractivity contribution >= 4 is 22.7 Å². The molecule has 0 atom stereocenters. The Morgan fingerprint density at radius 2 is 1.33 bits per heavy atom. The van der Waals surface area contributed by atoms with Gasteiger partial charge in [0.15, 0.2) is 0 Å². The van der Waals surface area contributed by atoms with Crippen LogP contribution in [0.5, 0.6) is 0 Å². The van der Waals surface area contributed by atoms with E-state index in [9.17, 15) is 0 Å². The number of rotatable bonds is 6. The fraction of sp³-hybridized carbons (Fsp3) is 0.423. The SMILES string of the molecule is C[n+]1ccn(CCCC2CCN(c3ccc(N)cc3)CCN(c3ccc(N)cc3)CC2)c1.[Cl-]. The maximum atomic E-state index is 5.93. The maximum Gasteiger partial charge on any atom is 0.243 e. The Balaban J connectivity index is 0.00000306. The van der Waals surface area contributed by atoms with Crippen molar-refractivity contribution in [3.8, 4) is 0 Å². The third-order valence-corrected chi connectivity index (χ3v) is 6.62. The van der Waals surface area contributed by atoms with Gasteiger partial charge in [-0.05, 0) is 80.1 Å². The van der Waals surface area contributed by atoms with Crippen LogP contribution in [0.2, 0.25) is 0 Å². The zero-order chi connectivity index (χ0) is 22.3. The number of halogens is 1. The molecule has 3 aromatic rings. The second kappa shape index (κ2) is 11.8. The molecule has 4 rings (SSSR count). The van der Waals surface area contributed by atoms with Crippen LogP contribution in [-0.2, 0) is 13.6 Å². The standard InChI is InChI=1S/C26H37N6.ClH/c1-29-17-18-30(21-29)14-2-3-22-12-15-31(25-8-4-23(27)5-9-25)19-20-32(16-13-22)26-10-6-24(28)7-11-26;/h4-11,17-18,21-22H,2-3,12-16,19-20,27-28H2,1H3;1H/q+1;/p-1. The average molecular weight is 469 g/mol. The highest BCUT2D eigenvalue weighted by Gasteiger charge is 2.19. The van der Waals surface area contributed by atoms with Gasteiger partial charge < -0.3 is 33.7 Å². The second-order valence-corrected chi connectivity index (χ2v) is 9.06. The van der Waals surface area contributed by atoms with Crippen LogP contribution >= 0.6 is 0 Å². The predicted molar refractivity (Wildman–Crippen MR) is 134 cm³/mol. The fourth-order valence-corrected chi connectivity index (χ4v) is 4.66. The molecule has 2 aromatic carbocycles. The lowest BCUT2D eigenvalue weighted by Gasteiger charge is -2.29. The summed E-state index contributed by atoms with van der Waals surface area (Å²) < 4.78 is 4.39. The van der Waals surface area contributed by atoms with Crippen molar-refractivity contribution in [2.24, 2.45) is 13.0 Å². The highest BCUT2D eigenvalue weighted by Crippen LogP contribution is 2.25. The van der Waals surface area contributed by atoms with Gasteiger partial charge in [0.05, 0.1) is 13.6 Å². The van der Waals surface area contributed by atoms with Crippen molar-refractivity contribution in [1.82, 2.24) is 4.57 Å². The number of nitrogen functional groups attached to an aromatic ring is 2. The molecule has 178 valence electrons. The number of anilines is 4. The maximum absolute atomic E-state index is 5.93. The molecule has 0 saturated carbocycles. The van der Waals surface area contributed by atoms with E-state index in [4.69, 9.17) is 11.5 Å². The van der Waals surface area contributed by atoms with Crippen molar-refractivity contribution in [1.29, 1.82) is 0 Å². The summed E-state index contributed by atoms with van der Waals surface area (Å²) in [5.41, 5.74) is 16.0. The number of nitrogens with two attached hydrogens (primary N) is 2. The average Bonchev–Trinajstić information content (AvgIpc) is 3.24. The van der Waals surface area contributed by atoms with Crippen LogP contribution in [0.4, 0.5) is 22.7 Å². The summed E-state index contributed by atoms with van der Waals surface area (Å²) in [5.74, 6) is 0.713. The predicted octanol–water partition coefficient (Wildman–Crippen LogP) is 0.684. The van der Waals surface area contributed by atoms with E-state index in [0.717, 1.165) is 44.1 Å². The minimum atomic E-state index is 0. The summed E-state index contributed by atoms with van der Waals surface area (Å²) in [4.78, 5) is 5.04. The van der Waals surface area contributed by atoms with Gasteiger partial charge in [0.25, 0.3) is 0 Å². The lowest BCUT2D eigenvalue weighted by molar-refractivity contribution is -0.671. The van der Waals surface area contributed by atoms with Crippen LogP contribution < -0.4 is 38.2 Å². The van der Waals surface area contributed by atoms with E-state index in [2.05, 4.69) is 69.0 Å². The molecule has 33 heavy (non-hydrogen) atoms. The van der Waals surface area contributed by atoms with E-state index in [-0.39, 0.29) is 12.4 Å². The number of aryl methyl sites for hydroxylation is 2. The summed E-state index contributed by atoms with van der Waals surface area (Å²) in [7, 11) is 2.08. The monoisotopic (exact) mass is 468 g/mol. The fourth-order valence-electron chi connectivity index (χ4n) is 4.66. The van der Waals surface area contributed by atoms with E-state index in [0.29, 0.717) is 5.92 Å². The van der Waals surface area contributed by atoms with Gasteiger partial charge >= 0.3 is 0 Å². The van der Waals surface area contributed by atoms with Crippen molar-refractivity contribution in [2.45, 2.75) is 32.2 Å². The highest BCUT2D eigenvalue weighted by molar-refractivity contribution is 5.55. The van der Waals surface area contributed by atoms with Crippen LogP contribution in [0.1, 0.15) is 25.7 Å². The molecular formula is C26H37ClN6. The van der Waals surface area contributed by atoms with E-state index in [1.165, 1.54) is 37.1 Å². The number of benzene rings is 2. The summed E-state index contributed by atoms with van der Waals surface area (Å²) in [6, 6.07) is 16.7. The first-order chi connectivity index (χ1) is 15.6. The van der Waals surface area contributed by atoms with Crippen molar-refractivity contribution in [3.05, 3.63) is 67.3 Å². The molecule has 0 aliphatic carbocycles. The molecule has 4 N–H and O–H groups in total. The molecule has 1 saturated heterocycles. The largest absolute Gasteiger partial charge is 1.00 e. The van der Waals surface area contributed by atoms with Crippen LogP contribution in [0.3, 0.4) is 0 Å². The Bertz CT molecular complexity index is 912. The van der Waals surface area contributed by atoms with Gasteiger partial charge in [0.2, 0.25) is 6.33 Å². The van der Waals surface area contributed by atoms with Crippen molar-refractivity contribution < 1.29 is 17.0 Å². The number of hydrogen-bond donors (Lipinski definition) is 2. The number of imidazole rings is 1. The second-order valence-electron chi connectivity index (χ2n) is 9.06. The van der Waals surface area contributed by atoms with Crippen molar-refractivity contribution in [3.63, 3.8) is 0 Å². The van der Waals surface area contributed by atoms with Gasteiger partial charge in [-0.25, -0.2) is 9.13 Å². The third-order valence-electron chi connectivity index (χ3n) is 6.62. The quantitative estimate of drug-likeness (QED) is 0.412. The molecular weight excluding hydrogens is 432 g/mol. The Hall–Kier alpha value is -2.86. The summed E-state index contributed by atoms with van der Waals surface area (Å²) >= 11 is 0. The molecule has 0 radical (unpaired) electrons. The molecule has 1 aliphatic rings. The van der Waals surface area contributed by atoms with Crippen LogP contribution in [0.25, 0.3) is 0 Å². The summed E-state index contributed by atoms with van der Waals surface area (Å²) in [6.07, 6.45) is 11.3. The smallest absolute Gasteiger partial charge is 0.243 e. The molecule has 0 spiro atoms. The number of nitrogens with zero attached hydrogens (tertiary/aromatic N) is 4. The van der Waals surface area contributed by atoms with Crippen LogP contribution in [0, 0.1) is 5.92 Å². The van der Waals surface area contributed by atoms with E-state index >= 15 is 0 Å². The first kappa shape index (κ1) is 24.8. The summed E-state index contributed by atoms with van der Waals surface area (Å²) in [5, 5.41) is 0. The van der Waals surface area contributed by atoms with Gasteiger partial charge in [0, 0.05) is 48.9 Å². The van der Waals surface area contributed by atoms with E-state index in [1.807, 2.05) is 24.3 Å². The number of hydrogen-bond acceptors (Lipinski definition) is 4.